The lowest BCUT2D eigenvalue weighted by Crippen LogP contribution is -2.28. The van der Waals surface area contributed by atoms with Crippen LogP contribution in [-0.2, 0) is 9.59 Å². The van der Waals surface area contributed by atoms with Gasteiger partial charge in [0.05, 0.1) is 5.92 Å². The van der Waals surface area contributed by atoms with Crippen LogP contribution in [0.25, 0.3) is 0 Å². The lowest BCUT2D eigenvalue weighted by atomic mass is 10.1. The number of hydrogen-bond donors (Lipinski definition) is 1. The molecule has 0 radical (unpaired) electrons. The number of ether oxygens (including phenoxy) is 1. The number of anilines is 2. The Kier molecular flexibility index (Phi) is 5.29. The summed E-state index contributed by atoms with van der Waals surface area (Å²) in [5.74, 6) is 0.900. The van der Waals surface area contributed by atoms with Crippen LogP contribution in [0.15, 0.2) is 78.9 Å². The maximum absolute atomic E-state index is 12.7. The number of amides is 2. The smallest absolute Gasteiger partial charge is 0.229 e. The summed E-state index contributed by atoms with van der Waals surface area (Å²) in [6.07, 6.45) is 0.217. The lowest BCUT2D eigenvalue weighted by molar-refractivity contribution is -0.122. The van der Waals surface area contributed by atoms with Crippen LogP contribution >= 0.6 is 0 Å². The third kappa shape index (κ3) is 4.46. The SMILES string of the molecule is Cc1cccc(N2C[C@@H](C(=O)Nc3ccc(Oc4ccccc4)cc3)CC2=O)c1. The Morgan fingerprint density at radius 3 is 2.41 bits per heavy atom. The summed E-state index contributed by atoms with van der Waals surface area (Å²) in [4.78, 5) is 26.7. The monoisotopic (exact) mass is 386 g/mol. The molecule has 5 nitrogen and oxygen atoms in total. The molecule has 1 aliphatic heterocycles. The van der Waals surface area contributed by atoms with E-state index in [4.69, 9.17) is 4.74 Å². The molecule has 0 spiro atoms. The first kappa shape index (κ1) is 18.7. The normalized spacial score (nSPS) is 16.0. The largest absolute Gasteiger partial charge is 0.457 e. The Bertz CT molecular complexity index is 1020. The van der Waals surface area contributed by atoms with Gasteiger partial charge >= 0.3 is 0 Å². The van der Waals surface area contributed by atoms with E-state index in [1.807, 2.05) is 73.7 Å². The van der Waals surface area contributed by atoms with Gasteiger partial charge in [0, 0.05) is 24.3 Å². The molecule has 1 atom stereocenters. The zero-order valence-electron chi connectivity index (χ0n) is 16.2. The second kappa shape index (κ2) is 8.19. The molecule has 3 aromatic rings. The van der Waals surface area contributed by atoms with Crippen LogP contribution < -0.4 is 15.0 Å². The van der Waals surface area contributed by atoms with Crippen LogP contribution in [0.2, 0.25) is 0 Å². The minimum absolute atomic E-state index is 0.0256. The topological polar surface area (TPSA) is 58.6 Å². The van der Waals surface area contributed by atoms with Gasteiger partial charge in [-0.2, -0.15) is 0 Å². The Balaban J connectivity index is 1.37. The van der Waals surface area contributed by atoms with Gasteiger partial charge in [-0.1, -0.05) is 30.3 Å². The van der Waals surface area contributed by atoms with Crippen molar-refractivity contribution in [2.45, 2.75) is 13.3 Å². The van der Waals surface area contributed by atoms with E-state index >= 15 is 0 Å². The third-order valence-electron chi connectivity index (χ3n) is 4.91. The van der Waals surface area contributed by atoms with Crippen LogP contribution in [0.4, 0.5) is 11.4 Å². The first-order valence-corrected chi connectivity index (χ1v) is 9.59. The lowest BCUT2D eigenvalue weighted by Gasteiger charge is -2.17. The quantitative estimate of drug-likeness (QED) is 0.687. The molecule has 0 saturated carbocycles. The van der Waals surface area contributed by atoms with Gasteiger partial charge in [0.25, 0.3) is 0 Å². The molecule has 29 heavy (non-hydrogen) atoms. The Morgan fingerprint density at radius 2 is 1.69 bits per heavy atom. The predicted molar refractivity (Wildman–Crippen MR) is 113 cm³/mol. The van der Waals surface area contributed by atoms with Gasteiger partial charge in [-0.25, -0.2) is 0 Å². The fourth-order valence-electron chi connectivity index (χ4n) is 3.40. The van der Waals surface area contributed by atoms with Gasteiger partial charge in [0.1, 0.15) is 11.5 Å². The highest BCUT2D eigenvalue weighted by atomic mass is 16.5. The van der Waals surface area contributed by atoms with Crippen LogP contribution in [0.3, 0.4) is 0 Å². The Morgan fingerprint density at radius 1 is 0.966 bits per heavy atom. The molecular weight excluding hydrogens is 364 g/mol. The molecule has 0 aliphatic carbocycles. The molecule has 1 heterocycles. The van der Waals surface area contributed by atoms with E-state index in [9.17, 15) is 9.59 Å². The van der Waals surface area contributed by atoms with Gasteiger partial charge in [-0.05, 0) is 61.0 Å². The average molecular weight is 386 g/mol. The molecular formula is C24H22N2O3. The molecule has 5 heteroatoms. The fraction of sp³-hybridized carbons (Fsp3) is 0.167. The molecule has 1 N–H and O–H groups in total. The van der Waals surface area contributed by atoms with Crippen LogP contribution in [-0.4, -0.2) is 18.4 Å². The first-order valence-electron chi connectivity index (χ1n) is 9.59. The van der Waals surface area contributed by atoms with E-state index in [1.54, 1.807) is 17.0 Å². The molecule has 146 valence electrons. The number of nitrogens with one attached hydrogen (secondary N) is 1. The highest BCUT2D eigenvalue weighted by Gasteiger charge is 2.35. The molecule has 2 amide bonds. The van der Waals surface area contributed by atoms with E-state index in [-0.39, 0.29) is 24.2 Å². The van der Waals surface area contributed by atoms with Crippen molar-refractivity contribution in [2.75, 3.05) is 16.8 Å². The molecule has 0 unspecified atom stereocenters. The van der Waals surface area contributed by atoms with Gasteiger partial charge < -0.3 is 15.0 Å². The van der Waals surface area contributed by atoms with E-state index < -0.39 is 0 Å². The highest BCUT2D eigenvalue weighted by molar-refractivity contribution is 6.03. The van der Waals surface area contributed by atoms with Gasteiger partial charge in [-0.3, -0.25) is 9.59 Å². The molecule has 1 fully saturated rings. The maximum Gasteiger partial charge on any atom is 0.229 e. The predicted octanol–water partition coefficient (Wildman–Crippen LogP) is 4.78. The number of para-hydroxylation sites is 1. The van der Waals surface area contributed by atoms with Gasteiger partial charge in [0.15, 0.2) is 0 Å². The number of benzene rings is 3. The number of aryl methyl sites for hydroxylation is 1. The van der Waals surface area contributed by atoms with E-state index in [2.05, 4.69) is 5.32 Å². The molecule has 4 rings (SSSR count). The summed E-state index contributed by atoms with van der Waals surface area (Å²) in [6, 6.07) is 24.5. The molecule has 1 aliphatic rings. The number of nitrogens with zero attached hydrogens (tertiary/aromatic N) is 1. The maximum atomic E-state index is 12.7. The first-order chi connectivity index (χ1) is 14.1. The van der Waals surface area contributed by atoms with Crippen molar-refractivity contribution in [1.82, 2.24) is 0 Å². The van der Waals surface area contributed by atoms with Crippen LogP contribution in [0.5, 0.6) is 11.5 Å². The highest BCUT2D eigenvalue weighted by Crippen LogP contribution is 2.27. The number of carbonyl (C=O) groups is 2. The van der Waals surface area contributed by atoms with Crippen molar-refractivity contribution >= 4 is 23.2 Å². The molecule has 1 saturated heterocycles. The Hall–Kier alpha value is -3.60. The summed E-state index contributed by atoms with van der Waals surface area (Å²) < 4.78 is 5.76. The van der Waals surface area contributed by atoms with Gasteiger partial charge in [0.2, 0.25) is 11.8 Å². The molecule has 3 aromatic carbocycles. The van der Waals surface area contributed by atoms with Crippen molar-refractivity contribution in [3.63, 3.8) is 0 Å². The van der Waals surface area contributed by atoms with Crippen molar-refractivity contribution in [3.05, 3.63) is 84.4 Å². The van der Waals surface area contributed by atoms with Crippen LogP contribution in [0, 0.1) is 12.8 Å². The zero-order chi connectivity index (χ0) is 20.2. The Labute approximate surface area is 169 Å². The molecule has 0 bridgehead atoms. The number of hydrogen-bond acceptors (Lipinski definition) is 3. The fourth-order valence-corrected chi connectivity index (χ4v) is 3.40. The van der Waals surface area contributed by atoms with Crippen molar-refractivity contribution in [1.29, 1.82) is 0 Å². The standard InChI is InChI=1S/C24H22N2O3/c1-17-6-5-7-20(14-17)26-16-18(15-23(26)27)24(28)25-19-10-12-22(13-11-19)29-21-8-3-2-4-9-21/h2-14,18H,15-16H2,1H3,(H,25,28)/t18-/m0/s1. The van der Waals surface area contributed by atoms with E-state index in [0.717, 1.165) is 17.0 Å². The second-order valence-corrected chi connectivity index (χ2v) is 7.17. The van der Waals surface area contributed by atoms with Crippen molar-refractivity contribution in [3.8, 4) is 11.5 Å². The van der Waals surface area contributed by atoms with E-state index in [1.165, 1.54) is 0 Å². The number of rotatable bonds is 5. The zero-order valence-corrected chi connectivity index (χ0v) is 16.2. The van der Waals surface area contributed by atoms with Gasteiger partial charge in [-0.15, -0.1) is 0 Å². The minimum atomic E-state index is -0.372. The minimum Gasteiger partial charge on any atom is -0.457 e. The summed E-state index contributed by atoms with van der Waals surface area (Å²) in [6.45, 7) is 2.38. The summed E-state index contributed by atoms with van der Waals surface area (Å²) >= 11 is 0. The number of carbonyl (C=O) groups excluding carboxylic acids is 2. The molecule has 0 aromatic heterocycles. The third-order valence-corrected chi connectivity index (χ3v) is 4.91. The van der Waals surface area contributed by atoms with E-state index in [0.29, 0.717) is 18.0 Å². The van der Waals surface area contributed by atoms with Crippen molar-refractivity contribution < 1.29 is 14.3 Å². The summed E-state index contributed by atoms with van der Waals surface area (Å²) in [7, 11) is 0. The van der Waals surface area contributed by atoms with Crippen molar-refractivity contribution in [2.24, 2.45) is 5.92 Å². The average Bonchev–Trinajstić information content (AvgIpc) is 3.12. The van der Waals surface area contributed by atoms with Crippen LogP contribution in [0.1, 0.15) is 12.0 Å². The second-order valence-electron chi connectivity index (χ2n) is 7.17. The summed E-state index contributed by atoms with van der Waals surface area (Å²) in [5, 5.41) is 2.91. The summed E-state index contributed by atoms with van der Waals surface area (Å²) in [5.41, 5.74) is 2.60.